The molecule has 19 heavy (non-hydrogen) atoms. The second kappa shape index (κ2) is 5.62. The third kappa shape index (κ3) is 3.17. The molecule has 0 saturated carbocycles. The number of hydrogen-bond acceptors (Lipinski definition) is 4. The summed E-state index contributed by atoms with van der Waals surface area (Å²) in [5, 5.41) is 15.2. The summed E-state index contributed by atoms with van der Waals surface area (Å²) in [6.45, 7) is 1.40. The molecule has 3 N–H and O–H groups in total. The smallest absolute Gasteiger partial charge is 0.250 e. The Bertz CT molecular complexity index is 522. The highest BCUT2D eigenvalue weighted by Crippen LogP contribution is 2.18. The summed E-state index contributed by atoms with van der Waals surface area (Å²) in [6, 6.07) is 7.10. The molecule has 2 rings (SSSR count). The molecule has 1 atom stereocenters. The van der Waals surface area contributed by atoms with Crippen LogP contribution in [0.15, 0.2) is 29.4 Å². The van der Waals surface area contributed by atoms with Gasteiger partial charge >= 0.3 is 0 Å². The van der Waals surface area contributed by atoms with Crippen molar-refractivity contribution in [1.29, 1.82) is 0 Å². The van der Waals surface area contributed by atoms with Gasteiger partial charge in [0.2, 0.25) is 11.8 Å². The molecule has 1 aliphatic rings. The van der Waals surface area contributed by atoms with Gasteiger partial charge in [0.25, 0.3) is 0 Å². The third-order valence-electron chi connectivity index (χ3n) is 2.87. The zero-order valence-corrected chi connectivity index (χ0v) is 10.5. The van der Waals surface area contributed by atoms with Crippen LogP contribution in [0.3, 0.4) is 0 Å². The van der Waals surface area contributed by atoms with Gasteiger partial charge in [-0.25, -0.2) is 5.43 Å². The molecule has 100 valence electrons. The number of rotatable bonds is 3. The minimum atomic E-state index is -0.544. The van der Waals surface area contributed by atoms with Gasteiger partial charge in [-0.1, -0.05) is 19.1 Å². The second-order valence-electron chi connectivity index (χ2n) is 4.42. The summed E-state index contributed by atoms with van der Waals surface area (Å²) in [6.07, 6.45) is 0.418. The average Bonchev–Trinajstić information content (AvgIpc) is 2.40. The zero-order valence-electron chi connectivity index (χ0n) is 10.5. The van der Waals surface area contributed by atoms with Crippen LogP contribution in [-0.4, -0.2) is 29.2 Å². The minimum absolute atomic E-state index is 0.0617. The van der Waals surface area contributed by atoms with Crippen molar-refractivity contribution >= 4 is 23.2 Å². The molecule has 6 heteroatoms. The van der Waals surface area contributed by atoms with Crippen molar-refractivity contribution < 1.29 is 14.7 Å². The lowest BCUT2D eigenvalue weighted by molar-refractivity contribution is -0.122. The fourth-order valence-electron chi connectivity index (χ4n) is 1.93. The minimum Gasteiger partial charge on any atom is -0.387 e. The Hall–Kier alpha value is -2.21. The highest BCUT2D eigenvalue weighted by atomic mass is 16.3. The SMILES string of the molecule is CC1CC(=O)NN=C1c1ccc(NC(=O)CO)cc1. The monoisotopic (exact) mass is 261 g/mol. The Labute approximate surface area is 110 Å². The van der Waals surface area contributed by atoms with Gasteiger partial charge < -0.3 is 10.4 Å². The van der Waals surface area contributed by atoms with Gasteiger partial charge in [0.05, 0.1) is 5.71 Å². The summed E-state index contributed by atoms with van der Waals surface area (Å²) in [4.78, 5) is 22.2. The lowest BCUT2D eigenvalue weighted by Gasteiger charge is -2.19. The molecule has 0 radical (unpaired) electrons. The Balaban J connectivity index is 2.14. The van der Waals surface area contributed by atoms with Crippen molar-refractivity contribution in [3.8, 4) is 0 Å². The first-order valence-corrected chi connectivity index (χ1v) is 5.97. The van der Waals surface area contributed by atoms with Crippen LogP contribution in [0.25, 0.3) is 0 Å². The van der Waals surface area contributed by atoms with Crippen LogP contribution in [0, 0.1) is 5.92 Å². The number of carbonyl (C=O) groups is 2. The summed E-state index contributed by atoms with van der Waals surface area (Å²) in [7, 11) is 0. The van der Waals surface area contributed by atoms with E-state index in [0.717, 1.165) is 11.3 Å². The first-order valence-electron chi connectivity index (χ1n) is 5.97. The van der Waals surface area contributed by atoms with E-state index < -0.39 is 12.5 Å². The molecule has 0 aliphatic carbocycles. The molecule has 1 unspecified atom stereocenters. The normalized spacial score (nSPS) is 18.5. The molecular formula is C13H15N3O3. The van der Waals surface area contributed by atoms with Gasteiger partial charge in [0.15, 0.2) is 0 Å². The van der Waals surface area contributed by atoms with Gasteiger partial charge in [-0.3, -0.25) is 9.59 Å². The van der Waals surface area contributed by atoms with Crippen molar-refractivity contribution in [1.82, 2.24) is 5.43 Å². The molecule has 0 spiro atoms. The van der Waals surface area contributed by atoms with Crippen molar-refractivity contribution in [3.63, 3.8) is 0 Å². The van der Waals surface area contributed by atoms with Gasteiger partial charge in [-0.05, 0) is 17.7 Å². The fraction of sp³-hybridized carbons (Fsp3) is 0.308. The van der Waals surface area contributed by atoms with E-state index in [2.05, 4.69) is 15.8 Å². The molecule has 1 aromatic carbocycles. The van der Waals surface area contributed by atoms with E-state index in [4.69, 9.17) is 5.11 Å². The van der Waals surface area contributed by atoms with E-state index in [-0.39, 0.29) is 11.8 Å². The Kier molecular flexibility index (Phi) is 3.91. The van der Waals surface area contributed by atoms with Crippen LogP contribution in [0.1, 0.15) is 18.9 Å². The van der Waals surface area contributed by atoms with Crippen LogP contribution in [0.5, 0.6) is 0 Å². The third-order valence-corrected chi connectivity index (χ3v) is 2.87. The first kappa shape index (κ1) is 13.2. The van der Waals surface area contributed by atoms with E-state index in [9.17, 15) is 9.59 Å². The van der Waals surface area contributed by atoms with E-state index in [1.54, 1.807) is 12.1 Å². The maximum Gasteiger partial charge on any atom is 0.250 e. The number of amides is 2. The lowest BCUT2D eigenvalue weighted by atomic mass is 9.94. The molecule has 0 fully saturated rings. The summed E-state index contributed by atoms with van der Waals surface area (Å²) in [5.74, 6) is -0.474. The first-order chi connectivity index (χ1) is 9.10. The average molecular weight is 261 g/mol. The summed E-state index contributed by atoms with van der Waals surface area (Å²) >= 11 is 0. The van der Waals surface area contributed by atoms with Crippen LogP contribution >= 0.6 is 0 Å². The Morgan fingerprint density at radius 1 is 1.47 bits per heavy atom. The highest BCUT2D eigenvalue weighted by molar-refractivity contribution is 6.06. The summed E-state index contributed by atoms with van der Waals surface area (Å²) < 4.78 is 0. The second-order valence-corrected chi connectivity index (χ2v) is 4.42. The topological polar surface area (TPSA) is 90.8 Å². The maximum atomic E-state index is 11.2. The number of carbonyl (C=O) groups excluding carboxylic acids is 2. The number of benzene rings is 1. The molecule has 0 saturated heterocycles. The standard InChI is InChI=1S/C13H15N3O3/c1-8-6-11(18)15-16-13(8)9-2-4-10(5-3-9)14-12(19)7-17/h2-5,8,17H,6-7H2,1H3,(H,14,19)(H,15,18). The van der Waals surface area contributed by atoms with Crippen LogP contribution < -0.4 is 10.7 Å². The summed E-state index contributed by atoms with van der Waals surface area (Å²) in [5.41, 5.74) is 4.79. The largest absolute Gasteiger partial charge is 0.387 e. The predicted octanol–water partition coefficient (Wildman–Crippen LogP) is 0.477. The van der Waals surface area contributed by atoms with Gasteiger partial charge in [0, 0.05) is 18.0 Å². The van der Waals surface area contributed by atoms with E-state index in [1.165, 1.54) is 0 Å². The van der Waals surface area contributed by atoms with Crippen molar-refractivity contribution in [2.45, 2.75) is 13.3 Å². The Morgan fingerprint density at radius 3 is 2.74 bits per heavy atom. The van der Waals surface area contributed by atoms with Crippen LogP contribution in [0.4, 0.5) is 5.69 Å². The number of hydrazone groups is 1. The van der Waals surface area contributed by atoms with Crippen LogP contribution in [-0.2, 0) is 9.59 Å². The molecular weight excluding hydrogens is 246 g/mol. The number of anilines is 1. The van der Waals surface area contributed by atoms with Gasteiger partial charge in [-0.2, -0.15) is 5.10 Å². The molecule has 1 aliphatic heterocycles. The van der Waals surface area contributed by atoms with E-state index in [0.29, 0.717) is 12.1 Å². The quantitative estimate of drug-likeness (QED) is 0.739. The van der Waals surface area contributed by atoms with Crippen LogP contribution in [0.2, 0.25) is 0 Å². The predicted molar refractivity (Wildman–Crippen MR) is 70.6 cm³/mol. The Morgan fingerprint density at radius 2 is 2.16 bits per heavy atom. The van der Waals surface area contributed by atoms with E-state index in [1.807, 2.05) is 19.1 Å². The highest BCUT2D eigenvalue weighted by Gasteiger charge is 2.21. The molecule has 0 bridgehead atoms. The molecule has 0 aromatic heterocycles. The number of nitrogens with one attached hydrogen (secondary N) is 2. The molecule has 2 amide bonds. The zero-order chi connectivity index (χ0) is 13.8. The van der Waals surface area contributed by atoms with Crippen molar-refractivity contribution in [3.05, 3.63) is 29.8 Å². The molecule has 6 nitrogen and oxygen atoms in total. The van der Waals surface area contributed by atoms with Crippen molar-refractivity contribution in [2.75, 3.05) is 11.9 Å². The van der Waals surface area contributed by atoms with E-state index >= 15 is 0 Å². The van der Waals surface area contributed by atoms with Gasteiger partial charge in [0.1, 0.15) is 6.61 Å². The number of hydrogen-bond donors (Lipinski definition) is 3. The number of aliphatic hydroxyl groups excluding tert-OH is 1. The number of nitrogens with zero attached hydrogens (tertiary/aromatic N) is 1. The van der Waals surface area contributed by atoms with Gasteiger partial charge in [-0.15, -0.1) is 0 Å². The molecule has 1 aromatic rings. The maximum absolute atomic E-state index is 11.2. The number of aliphatic hydroxyl groups is 1. The molecule has 1 heterocycles. The lowest BCUT2D eigenvalue weighted by Crippen LogP contribution is -2.31. The van der Waals surface area contributed by atoms with Crippen molar-refractivity contribution in [2.24, 2.45) is 11.0 Å². The fourth-order valence-corrected chi connectivity index (χ4v) is 1.93.